The van der Waals surface area contributed by atoms with Crippen molar-refractivity contribution in [3.8, 4) is 22.9 Å². The molecule has 12 heteroatoms. The average molecular weight is 493 g/mol. The van der Waals surface area contributed by atoms with Gasteiger partial charge in [-0.05, 0) is 36.1 Å². The van der Waals surface area contributed by atoms with E-state index in [0.717, 1.165) is 11.4 Å². The number of rotatable bonds is 4. The lowest BCUT2D eigenvalue weighted by atomic mass is 10.1. The molecular formula is C21H31F3N4O4S. The molecule has 0 saturated carbocycles. The zero-order valence-corrected chi connectivity index (χ0v) is 19.5. The van der Waals surface area contributed by atoms with Gasteiger partial charge in [0.15, 0.2) is 17.3 Å². The van der Waals surface area contributed by atoms with Gasteiger partial charge in [0, 0.05) is 33.4 Å². The van der Waals surface area contributed by atoms with Crippen molar-refractivity contribution in [3.05, 3.63) is 48.0 Å². The summed E-state index contributed by atoms with van der Waals surface area (Å²) < 4.78 is 53.1. The summed E-state index contributed by atoms with van der Waals surface area (Å²) in [5.41, 5.74) is 8.06. The Morgan fingerprint density at radius 2 is 1.76 bits per heavy atom. The monoisotopic (exact) mass is 492 g/mol. The summed E-state index contributed by atoms with van der Waals surface area (Å²) in [6.45, 7) is 1.27. The third-order valence-electron chi connectivity index (χ3n) is 4.85. The summed E-state index contributed by atoms with van der Waals surface area (Å²) in [7, 11) is 3.42. The number of alkyl halides is 3. The van der Waals surface area contributed by atoms with Crippen molar-refractivity contribution in [2.24, 2.45) is 14.1 Å². The highest BCUT2D eigenvalue weighted by atomic mass is 32.2. The molecule has 2 aromatic carbocycles. The fourth-order valence-electron chi connectivity index (χ4n) is 3.04. The molecule has 0 bridgehead atoms. The number of hydrogen-bond donors (Lipinski definition) is 1. The van der Waals surface area contributed by atoms with Crippen molar-refractivity contribution in [2.75, 3.05) is 12.0 Å². The lowest BCUT2D eigenvalue weighted by Crippen LogP contribution is -2.54. The van der Waals surface area contributed by atoms with Gasteiger partial charge in [0.1, 0.15) is 0 Å². The van der Waals surface area contributed by atoms with Gasteiger partial charge in [0.2, 0.25) is 0 Å². The quantitative estimate of drug-likeness (QED) is 0.556. The average Bonchev–Trinajstić information content (AvgIpc) is 2.73. The zero-order chi connectivity index (χ0) is 22.8. The van der Waals surface area contributed by atoms with Crippen LogP contribution in [-0.4, -0.2) is 43.7 Å². The number of nitrogens with two attached hydrogens (primary N) is 1. The molecule has 0 fully saturated rings. The highest BCUT2D eigenvalue weighted by molar-refractivity contribution is 7.97. The molecule has 1 aromatic heterocycles. The van der Waals surface area contributed by atoms with E-state index in [1.165, 1.54) is 23.4 Å². The second kappa shape index (κ2) is 10.9. The van der Waals surface area contributed by atoms with E-state index in [4.69, 9.17) is 10.5 Å². The summed E-state index contributed by atoms with van der Waals surface area (Å²) in [5, 5.41) is 4.09. The van der Waals surface area contributed by atoms with Crippen molar-refractivity contribution >= 4 is 17.4 Å². The topological polar surface area (TPSA) is 130 Å². The first kappa shape index (κ1) is 28.2. The SMILES string of the molecule is CCC1(F)Oc2cccc(-c3nn(C)n3C)c2OC1(F)F.CSCc1cccc(N)c1.O.O.[HH]. The van der Waals surface area contributed by atoms with Gasteiger partial charge in [-0.25, -0.2) is 4.80 Å². The number of anilines is 1. The van der Waals surface area contributed by atoms with Crippen LogP contribution in [0.3, 0.4) is 0 Å². The van der Waals surface area contributed by atoms with E-state index in [9.17, 15) is 13.2 Å². The first-order valence-corrected chi connectivity index (χ1v) is 11.0. The van der Waals surface area contributed by atoms with Crippen LogP contribution >= 0.6 is 11.8 Å². The largest absolute Gasteiger partial charge is 0.471 e. The molecule has 0 saturated heterocycles. The van der Waals surface area contributed by atoms with Crippen molar-refractivity contribution in [3.63, 3.8) is 0 Å². The molecule has 1 unspecified atom stereocenters. The lowest BCUT2D eigenvalue weighted by Gasteiger charge is -2.37. The van der Waals surface area contributed by atoms with Crippen LogP contribution in [0, 0.1) is 0 Å². The van der Waals surface area contributed by atoms with Crippen LogP contribution in [0.4, 0.5) is 18.9 Å². The molecule has 0 spiro atoms. The van der Waals surface area contributed by atoms with Gasteiger partial charge in [0.25, 0.3) is 0 Å². The maximum Gasteiger partial charge on any atom is 0.471 e. The van der Waals surface area contributed by atoms with E-state index in [0.29, 0.717) is 11.4 Å². The number of thioether (sulfide) groups is 1. The Labute approximate surface area is 195 Å². The van der Waals surface area contributed by atoms with Crippen LogP contribution in [-0.2, 0) is 19.8 Å². The van der Waals surface area contributed by atoms with E-state index < -0.39 is 18.4 Å². The molecule has 1 aliphatic heterocycles. The third kappa shape index (κ3) is 5.57. The molecule has 0 amide bonds. The predicted molar refractivity (Wildman–Crippen MR) is 125 cm³/mol. The molecule has 3 aromatic rings. The van der Waals surface area contributed by atoms with E-state index in [1.54, 1.807) is 30.9 Å². The Bertz CT molecular complexity index is 1070. The number of benzene rings is 2. The van der Waals surface area contributed by atoms with Crippen molar-refractivity contribution in [1.82, 2.24) is 14.6 Å². The standard InChI is InChI=1S/C13H14F3N3O2.C8H11NS.2H2O.H2/c1-4-12(14)13(15,16)21-10-8(6-5-7-9(10)20-12)11-17-19(3)18(11)2;1-10-6-7-3-2-4-8(9)5-7;;;/h5-7H,4H2,1-3H3;2-5H,6,9H2,1H3;2*1H2;1H. The zero-order valence-electron chi connectivity index (χ0n) is 18.7. The Morgan fingerprint density at radius 3 is 2.30 bits per heavy atom. The minimum atomic E-state index is -4.07. The van der Waals surface area contributed by atoms with E-state index in [1.807, 2.05) is 30.0 Å². The Morgan fingerprint density at radius 1 is 1.09 bits per heavy atom. The van der Waals surface area contributed by atoms with Gasteiger partial charge in [-0.1, -0.05) is 25.1 Å². The van der Waals surface area contributed by atoms with E-state index in [-0.39, 0.29) is 23.9 Å². The lowest BCUT2D eigenvalue weighted by molar-refractivity contribution is -0.340. The second-order valence-electron chi connectivity index (χ2n) is 7.05. The summed E-state index contributed by atoms with van der Waals surface area (Å²) in [4.78, 5) is 1.53. The summed E-state index contributed by atoms with van der Waals surface area (Å²) in [5.74, 6) is -1.96. The van der Waals surface area contributed by atoms with Crippen LogP contribution in [0.2, 0.25) is 0 Å². The smallest absolute Gasteiger partial charge is 0.445 e. The van der Waals surface area contributed by atoms with Crippen molar-refractivity contribution in [1.29, 1.82) is 0 Å². The van der Waals surface area contributed by atoms with Crippen LogP contribution < -0.4 is 15.2 Å². The third-order valence-corrected chi connectivity index (χ3v) is 5.48. The van der Waals surface area contributed by atoms with E-state index >= 15 is 0 Å². The summed E-state index contributed by atoms with van der Waals surface area (Å²) >= 11 is 1.81. The fourth-order valence-corrected chi connectivity index (χ4v) is 3.55. The van der Waals surface area contributed by atoms with E-state index in [2.05, 4.69) is 22.2 Å². The number of halogens is 3. The maximum absolute atomic E-state index is 14.2. The molecular weight excluding hydrogens is 461 g/mol. The molecule has 4 rings (SSSR count). The predicted octanol–water partition coefficient (Wildman–Crippen LogP) is 3.59. The molecule has 0 aliphatic carbocycles. The normalized spacial score (nSPS) is 17.8. The Hall–Kier alpha value is -2.83. The minimum absolute atomic E-state index is 0. The molecule has 186 valence electrons. The number of ether oxygens (including phenoxy) is 2. The second-order valence-corrected chi connectivity index (χ2v) is 7.92. The number of nitrogen functional groups attached to an aromatic ring is 1. The van der Waals surface area contributed by atoms with Crippen LogP contribution in [0.5, 0.6) is 11.5 Å². The van der Waals surface area contributed by atoms with Crippen LogP contribution in [0.15, 0.2) is 42.5 Å². The summed E-state index contributed by atoms with van der Waals surface area (Å²) in [6, 6.07) is 12.5. The van der Waals surface area contributed by atoms with Gasteiger partial charge >= 0.3 is 12.0 Å². The molecule has 1 aliphatic rings. The fraction of sp³-hybridized carbons (Fsp3) is 0.381. The number of fused-ring (bicyclic) bond motifs is 1. The number of hydrogen-bond acceptors (Lipinski definition) is 5. The minimum Gasteiger partial charge on any atom is -0.445 e. The van der Waals surface area contributed by atoms with Crippen LogP contribution in [0.1, 0.15) is 20.3 Å². The Balaban J connectivity index is 0.000000721. The molecule has 0 radical (unpaired) electrons. The maximum atomic E-state index is 14.2. The first-order chi connectivity index (χ1) is 14.6. The van der Waals surface area contributed by atoms with Crippen molar-refractivity contribution in [2.45, 2.75) is 31.1 Å². The highest BCUT2D eigenvalue weighted by Gasteiger charge is 2.62. The number of para-hydroxylation sites is 1. The number of aryl methyl sites for hydroxylation is 1. The highest BCUT2D eigenvalue weighted by Crippen LogP contribution is 2.50. The number of nitrogens with zero attached hydrogens (tertiary/aromatic N) is 3. The Kier molecular flexibility index (Phi) is 9.28. The molecule has 6 N–H and O–H groups in total. The molecule has 2 heterocycles. The van der Waals surface area contributed by atoms with Gasteiger partial charge in [-0.2, -0.15) is 24.9 Å². The van der Waals surface area contributed by atoms with Crippen LogP contribution in [0.25, 0.3) is 11.4 Å². The van der Waals surface area contributed by atoms with Crippen molar-refractivity contribution < 1.29 is 35.0 Å². The van der Waals surface area contributed by atoms with Gasteiger partial charge in [-0.3, -0.25) is 4.68 Å². The number of aromatic nitrogens is 3. The summed E-state index contributed by atoms with van der Waals surface area (Å²) in [6.07, 6.45) is -2.52. The molecule has 33 heavy (non-hydrogen) atoms. The van der Waals surface area contributed by atoms with Gasteiger partial charge < -0.3 is 26.2 Å². The molecule has 1 atom stereocenters. The first-order valence-electron chi connectivity index (χ1n) is 9.59. The van der Waals surface area contributed by atoms with Gasteiger partial charge in [-0.15, -0.1) is 5.10 Å². The van der Waals surface area contributed by atoms with Gasteiger partial charge in [0.05, 0.1) is 5.56 Å². The molecule has 8 nitrogen and oxygen atoms in total.